The topological polar surface area (TPSA) is 67.2 Å². The molecular weight excluding hydrogens is 298 g/mol. The molecular formula is C16H19N3O2S. The SMILES string of the molecule is Cc1nn(-c2ccccc2)cc1C(=O)NCC1(O)CCSC1. The van der Waals surface area contributed by atoms with Crippen molar-refractivity contribution in [2.45, 2.75) is 18.9 Å². The van der Waals surface area contributed by atoms with E-state index in [1.54, 1.807) is 22.6 Å². The lowest BCUT2D eigenvalue weighted by Gasteiger charge is -2.21. The van der Waals surface area contributed by atoms with Crippen LogP contribution in [0.5, 0.6) is 0 Å². The highest BCUT2D eigenvalue weighted by atomic mass is 32.2. The summed E-state index contributed by atoms with van der Waals surface area (Å²) >= 11 is 1.72. The number of hydrogen-bond acceptors (Lipinski definition) is 4. The molecule has 2 aromatic rings. The summed E-state index contributed by atoms with van der Waals surface area (Å²) in [6.45, 7) is 2.10. The van der Waals surface area contributed by atoms with E-state index in [9.17, 15) is 9.90 Å². The summed E-state index contributed by atoms with van der Waals surface area (Å²) in [4.78, 5) is 12.3. The number of amides is 1. The highest BCUT2D eigenvalue weighted by Crippen LogP contribution is 2.27. The fourth-order valence-electron chi connectivity index (χ4n) is 2.47. The van der Waals surface area contributed by atoms with Gasteiger partial charge in [0, 0.05) is 18.5 Å². The second kappa shape index (κ2) is 6.14. The number of hydrogen-bond donors (Lipinski definition) is 2. The zero-order chi connectivity index (χ0) is 15.6. The van der Waals surface area contributed by atoms with Gasteiger partial charge in [-0.1, -0.05) is 18.2 Å². The average Bonchev–Trinajstić information content (AvgIpc) is 3.13. The molecule has 116 valence electrons. The Hall–Kier alpha value is -1.79. The lowest BCUT2D eigenvalue weighted by Crippen LogP contribution is -2.43. The fourth-order valence-corrected chi connectivity index (χ4v) is 3.77. The number of aliphatic hydroxyl groups is 1. The molecule has 0 aliphatic carbocycles. The summed E-state index contributed by atoms with van der Waals surface area (Å²) in [5.74, 6) is 1.43. The number of benzene rings is 1. The summed E-state index contributed by atoms with van der Waals surface area (Å²) in [6, 6.07) is 9.67. The Labute approximate surface area is 133 Å². The summed E-state index contributed by atoms with van der Waals surface area (Å²) < 4.78 is 1.70. The Kier molecular flexibility index (Phi) is 4.22. The second-order valence-corrected chi connectivity index (χ2v) is 6.72. The number of nitrogens with one attached hydrogen (secondary N) is 1. The molecule has 0 spiro atoms. The van der Waals surface area contributed by atoms with E-state index in [4.69, 9.17) is 0 Å². The first kappa shape index (κ1) is 15.1. The van der Waals surface area contributed by atoms with E-state index in [2.05, 4.69) is 10.4 Å². The minimum Gasteiger partial charge on any atom is -0.387 e. The lowest BCUT2D eigenvalue weighted by atomic mass is 10.0. The van der Waals surface area contributed by atoms with Crippen molar-refractivity contribution in [2.24, 2.45) is 0 Å². The van der Waals surface area contributed by atoms with E-state index >= 15 is 0 Å². The third kappa shape index (κ3) is 3.18. The maximum atomic E-state index is 12.3. The summed E-state index contributed by atoms with van der Waals surface area (Å²) in [6.07, 6.45) is 2.45. The molecule has 1 aliphatic rings. The van der Waals surface area contributed by atoms with Crippen LogP contribution in [0.4, 0.5) is 0 Å². The number of rotatable bonds is 4. The van der Waals surface area contributed by atoms with Gasteiger partial charge in [-0.2, -0.15) is 16.9 Å². The molecule has 1 aromatic carbocycles. The maximum Gasteiger partial charge on any atom is 0.254 e. The standard InChI is InChI=1S/C16H19N3O2S/c1-12-14(9-19(18-12)13-5-3-2-4-6-13)15(20)17-10-16(21)7-8-22-11-16/h2-6,9,21H,7-8,10-11H2,1H3,(H,17,20). The Morgan fingerprint density at radius 3 is 2.91 bits per heavy atom. The van der Waals surface area contributed by atoms with E-state index in [1.165, 1.54) is 0 Å². The highest BCUT2D eigenvalue weighted by Gasteiger charge is 2.32. The highest BCUT2D eigenvalue weighted by molar-refractivity contribution is 7.99. The molecule has 1 unspecified atom stereocenters. The van der Waals surface area contributed by atoms with E-state index in [1.807, 2.05) is 37.3 Å². The van der Waals surface area contributed by atoms with Crippen LogP contribution in [0.15, 0.2) is 36.5 Å². The van der Waals surface area contributed by atoms with Crippen LogP contribution in [-0.4, -0.2) is 44.4 Å². The number of para-hydroxylation sites is 1. The molecule has 1 aromatic heterocycles. The second-order valence-electron chi connectivity index (χ2n) is 5.62. The van der Waals surface area contributed by atoms with Gasteiger partial charge in [0.2, 0.25) is 0 Å². The molecule has 1 aliphatic heterocycles. The minimum atomic E-state index is -0.774. The average molecular weight is 317 g/mol. The first-order valence-corrected chi connectivity index (χ1v) is 8.43. The Morgan fingerprint density at radius 2 is 2.23 bits per heavy atom. The third-order valence-electron chi connectivity index (χ3n) is 3.82. The quantitative estimate of drug-likeness (QED) is 0.902. The normalized spacial score (nSPS) is 21.0. The van der Waals surface area contributed by atoms with Crippen molar-refractivity contribution in [3.8, 4) is 5.69 Å². The monoisotopic (exact) mass is 317 g/mol. The first-order chi connectivity index (χ1) is 10.6. The van der Waals surface area contributed by atoms with Crippen LogP contribution < -0.4 is 5.32 Å². The summed E-state index contributed by atoms with van der Waals surface area (Å²) in [7, 11) is 0. The molecule has 3 rings (SSSR count). The van der Waals surface area contributed by atoms with Gasteiger partial charge >= 0.3 is 0 Å². The van der Waals surface area contributed by atoms with E-state index < -0.39 is 5.60 Å². The fraction of sp³-hybridized carbons (Fsp3) is 0.375. The summed E-state index contributed by atoms with van der Waals surface area (Å²) in [5, 5.41) is 17.5. The maximum absolute atomic E-state index is 12.3. The molecule has 1 fully saturated rings. The van der Waals surface area contributed by atoms with Crippen LogP contribution in [0.2, 0.25) is 0 Å². The van der Waals surface area contributed by atoms with Crippen molar-refractivity contribution < 1.29 is 9.90 Å². The largest absolute Gasteiger partial charge is 0.387 e. The Bertz CT molecular complexity index is 663. The lowest BCUT2D eigenvalue weighted by molar-refractivity contribution is 0.0612. The van der Waals surface area contributed by atoms with E-state index in [-0.39, 0.29) is 12.5 Å². The van der Waals surface area contributed by atoms with Crippen molar-refractivity contribution >= 4 is 17.7 Å². The van der Waals surface area contributed by atoms with Crippen LogP contribution in [0, 0.1) is 6.92 Å². The number of aromatic nitrogens is 2. The molecule has 2 N–H and O–H groups in total. The summed E-state index contributed by atoms with van der Waals surface area (Å²) in [5.41, 5.74) is 1.35. The van der Waals surface area contributed by atoms with Gasteiger partial charge in [-0.25, -0.2) is 4.68 Å². The van der Waals surface area contributed by atoms with Crippen molar-refractivity contribution in [1.82, 2.24) is 15.1 Å². The predicted molar refractivity (Wildman–Crippen MR) is 87.5 cm³/mol. The van der Waals surface area contributed by atoms with Crippen LogP contribution in [-0.2, 0) is 0 Å². The molecule has 0 radical (unpaired) electrons. The van der Waals surface area contributed by atoms with Gasteiger partial charge in [0.15, 0.2) is 0 Å². The van der Waals surface area contributed by atoms with Gasteiger partial charge in [0.1, 0.15) is 0 Å². The zero-order valence-electron chi connectivity index (χ0n) is 12.5. The first-order valence-electron chi connectivity index (χ1n) is 7.27. The molecule has 1 amide bonds. The molecule has 0 bridgehead atoms. The van der Waals surface area contributed by atoms with Crippen molar-refractivity contribution in [1.29, 1.82) is 0 Å². The van der Waals surface area contributed by atoms with Gasteiger partial charge in [0.25, 0.3) is 5.91 Å². The van der Waals surface area contributed by atoms with Gasteiger partial charge in [-0.3, -0.25) is 4.79 Å². The number of carbonyl (C=O) groups is 1. The van der Waals surface area contributed by atoms with Crippen LogP contribution >= 0.6 is 11.8 Å². The van der Waals surface area contributed by atoms with Gasteiger partial charge in [-0.15, -0.1) is 0 Å². The van der Waals surface area contributed by atoms with Gasteiger partial charge < -0.3 is 10.4 Å². The number of nitrogens with zero attached hydrogens (tertiary/aromatic N) is 2. The molecule has 2 heterocycles. The number of thioether (sulfide) groups is 1. The van der Waals surface area contributed by atoms with Crippen molar-refractivity contribution in [2.75, 3.05) is 18.1 Å². The Balaban J connectivity index is 1.72. The van der Waals surface area contributed by atoms with Gasteiger partial charge in [-0.05, 0) is 31.2 Å². The number of carbonyl (C=O) groups excluding carboxylic acids is 1. The van der Waals surface area contributed by atoms with Crippen LogP contribution in [0.1, 0.15) is 22.5 Å². The predicted octanol–water partition coefficient (Wildman–Crippen LogP) is 1.78. The molecule has 0 saturated carbocycles. The van der Waals surface area contributed by atoms with Crippen LogP contribution in [0.3, 0.4) is 0 Å². The van der Waals surface area contributed by atoms with Crippen molar-refractivity contribution in [3.05, 3.63) is 47.8 Å². The molecule has 22 heavy (non-hydrogen) atoms. The molecule has 1 saturated heterocycles. The molecule has 5 nitrogen and oxygen atoms in total. The molecule has 1 atom stereocenters. The minimum absolute atomic E-state index is 0.190. The smallest absolute Gasteiger partial charge is 0.254 e. The van der Waals surface area contributed by atoms with Crippen LogP contribution in [0.25, 0.3) is 5.69 Å². The third-order valence-corrected chi connectivity index (χ3v) is 5.06. The zero-order valence-corrected chi connectivity index (χ0v) is 13.3. The van der Waals surface area contributed by atoms with Gasteiger partial charge in [0.05, 0.1) is 22.5 Å². The Morgan fingerprint density at radius 1 is 1.45 bits per heavy atom. The van der Waals surface area contributed by atoms with E-state index in [0.717, 1.165) is 17.9 Å². The molecule has 6 heteroatoms. The van der Waals surface area contributed by atoms with E-state index in [0.29, 0.717) is 17.0 Å². The number of aryl methyl sites for hydroxylation is 1. The van der Waals surface area contributed by atoms with Crippen molar-refractivity contribution in [3.63, 3.8) is 0 Å².